The molecular weight excluding hydrogens is 406 g/mol. The molecule has 0 atom stereocenters. The van der Waals surface area contributed by atoms with E-state index in [0.717, 1.165) is 27.0 Å². The molecule has 3 aromatic heterocycles. The number of pyridine rings is 1. The van der Waals surface area contributed by atoms with E-state index in [-0.39, 0.29) is 5.91 Å². The van der Waals surface area contributed by atoms with Gasteiger partial charge in [0.1, 0.15) is 5.69 Å². The number of benzene rings is 1. The van der Waals surface area contributed by atoms with Crippen molar-refractivity contribution >= 4 is 44.2 Å². The van der Waals surface area contributed by atoms with Crippen LogP contribution in [0.15, 0.2) is 42.7 Å². The third-order valence-corrected chi connectivity index (χ3v) is 6.18. The molecule has 0 bridgehead atoms. The first-order valence-electron chi connectivity index (χ1n) is 9.28. The third-order valence-electron chi connectivity index (χ3n) is 4.65. The van der Waals surface area contributed by atoms with Crippen LogP contribution in [0.5, 0.6) is 0 Å². The molecule has 4 rings (SSSR count). The van der Waals surface area contributed by atoms with Crippen molar-refractivity contribution in [3.63, 3.8) is 0 Å². The van der Waals surface area contributed by atoms with E-state index in [2.05, 4.69) is 10.1 Å². The first kappa shape index (κ1) is 19.5. The molecule has 1 aromatic carbocycles. The predicted molar refractivity (Wildman–Crippen MR) is 117 cm³/mol. The molecule has 0 saturated heterocycles. The van der Waals surface area contributed by atoms with Crippen molar-refractivity contribution in [2.24, 2.45) is 0 Å². The molecule has 0 aliphatic heterocycles. The smallest absolute Gasteiger partial charge is 0.278 e. The van der Waals surface area contributed by atoms with E-state index in [1.54, 1.807) is 22.0 Å². The summed E-state index contributed by atoms with van der Waals surface area (Å²) in [6.07, 6.45) is 3.47. The molecule has 3 heterocycles. The van der Waals surface area contributed by atoms with Gasteiger partial charge in [0.25, 0.3) is 5.91 Å². The third kappa shape index (κ3) is 3.75. The Hall–Kier alpha value is -2.77. The first-order chi connectivity index (χ1) is 14.0. The number of aryl methyl sites for hydroxylation is 3. The van der Waals surface area contributed by atoms with Crippen molar-refractivity contribution in [1.82, 2.24) is 19.7 Å². The Bertz CT molecular complexity index is 1150. The fourth-order valence-corrected chi connectivity index (χ4v) is 4.52. The van der Waals surface area contributed by atoms with E-state index in [9.17, 15) is 4.79 Å². The van der Waals surface area contributed by atoms with Crippen LogP contribution in [0, 0.1) is 13.8 Å². The van der Waals surface area contributed by atoms with E-state index in [4.69, 9.17) is 16.6 Å². The number of hydrogen-bond acceptors (Lipinski definition) is 5. The molecule has 0 saturated carbocycles. The summed E-state index contributed by atoms with van der Waals surface area (Å²) < 4.78 is 2.60. The van der Waals surface area contributed by atoms with Crippen LogP contribution in [-0.4, -0.2) is 25.7 Å². The molecule has 148 valence electrons. The molecule has 0 unspecified atom stereocenters. The SMILES string of the molecule is CCn1nc(C)cc1C(=O)N(Cc1cccnc1)c1nc2c(C)ccc(Cl)c2s1. The number of carbonyl (C=O) groups is 1. The molecule has 1 amide bonds. The van der Waals surface area contributed by atoms with Gasteiger partial charge in [-0.05, 0) is 50.1 Å². The van der Waals surface area contributed by atoms with Crippen LogP contribution in [0.1, 0.15) is 34.2 Å². The molecular formula is C21H20ClN5OS. The lowest BCUT2D eigenvalue weighted by molar-refractivity contribution is 0.0975. The molecule has 29 heavy (non-hydrogen) atoms. The second-order valence-corrected chi connectivity index (χ2v) is 8.16. The average molecular weight is 426 g/mol. The zero-order valence-electron chi connectivity index (χ0n) is 16.4. The zero-order chi connectivity index (χ0) is 20.5. The van der Waals surface area contributed by atoms with E-state index in [1.165, 1.54) is 11.3 Å². The van der Waals surface area contributed by atoms with Crippen molar-refractivity contribution in [3.8, 4) is 0 Å². The van der Waals surface area contributed by atoms with Gasteiger partial charge in [0.2, 0.25) is 0 Å². The summed E-state index contributed by atoms with van der Waals surface area (Å²) in [7, 11) is 0. The van der Waals surface area contributed by atoms with Crippen molar-refractivity contribution in [2.75, 3.05) is 4.90 Å². The number of nitrogens with zero attached hydrogens (tertiary/aromatic N) is 5. The minimum atomic E-state index is -0.149. The summed E-state index contributed by atoms with van der Waals surface area (Å²) in [5, 5.41) is 5.66. The van der Waals surface area contributed by atoms with Gasteiger partial charge in [-0.25, -0.2) is 4.98 Å². The normalized spacial score (nSPS) is 11.2. The molecule has 0 aliphatic rings. The van der Waals surface area contributed by atoms with Crippen LogP contribution in [0.25, 0.3) is 10.2 Å². The summed E-state index contributed by atoms with van der Waals surface area (Å²) >= 11 is 7.82. The molecule has 4 aromatic rings. The Kier molecular flexibility index (Phi) is 5.34. The average Bonchev–Trinajstić information content (AvgIpc) is 3.34. The number of carbonyl (C=O) groups excluding carboxylic acids is 1. The van der Waals surface area contributed by atoms with Crippen LogP contribution in [0.4, 0.5) is 5.13 Å². The minimum Gasteiger partial charge on any atom is -0.278 e. The fraction of sp³-hybridized carbons (Fsp3) is 0.238. The quantitative estimate of drug-likeness (QED) is 0.450. The zero-order valence-corrected chi connectivity index (χ0v) is 18.0. The van der Waals surface area contributed by atoms with Crippen LogP contribution in [-0.2, 0) is 13.1 Å². The van der Waals surface area contributed by atoms with Crippen molar-refractivity contribution < 1.29 is 4.79 Å². The highest BCUT2D eigenvalue weighted by Crippen LogP contribution is 2.36. The van der Waals surface area contributed by atoms with Crippen molar-refractivity contribution in [3.05, 3.63) is 70.3 Å². The highest BCUT2D eigenvalue weighted by Gasteiger charge is 2.25. The van der Waals surface area contributed by atoms with Crippen molar-refractivity contribution in [2.45, 2.75) is 33.9 Å². The second-order valence-electron chi connectivity index (χ2n) is 6.78. The van der Waals surface area contributed by atoms with Gasteiger partial charge in [-0.2, -0.15) is 5.10 Å². The fourth-order valence-electron chi connectivity index (χ4n) is 3.20. The van der Waals surface area contributed by atoms with Gasteiger partial charge in [0.05, 0.1) is 27.5 Å². The van der Waals surface area contributed by atoms with Gasteiger partial charge in [0, 0.05) is 18.9 Å². The number of amides is 1. The van der Waals surface area contributed by atoms with Crippen LogP contribution >= 0.6 is 22.9 Å². The number of thiazole rings is 1. The largest absolute Gasteiger partial charge is 0.278 e. The molecule has 6 nitrogen and oxygen atoms in total. The maximum Gasteiger partial charge on any atom is 0.278 e. The Morgan fingerprint density at radius 3 is 2.79 bits per heavy atom. The summed E-state index contributed by atoms with van der Waals surface area (Å²) in [4.78, 5) is 24.2. The van der Waals surface area contributed by atoms with Gasteiger partial charge in [-0.1, -0.05) is 35.1 Å². The maximum absolute atomic E-state index is 13.6. The van der Waals surface area contributed by atoms with E-state index in [0.29, 0.717) is 28.9 Å². The van der Waals surface area contributed by atoms with Crippen LogP contribution in [0.2, 0.25) is 5.02 Å². The van der Waals surface area contributed by atoms with Gasteiger partial charge in [-0.3, -0.25) is 19.4 Å². The van der Waals surface area contributed by atoms with Gasteiger partial charge in [-0.15, -0.1) is 0 Å². The predicted octanol–water partition coefficient (Wildman–Crippen LogP) is 5.02. The monoisotopic (exact) mass is 425 g/mol. The maximum atomic E-state index is 13.6. The van der Waals surface area contributed by atoms with Gasteiger partial charge >= 0.3 is 0 Å². The highest BCUT2D eigenvalue weighted by atomic mass is 35.5. The standard InChI is InChI=1S/C21H20ClN5OS/c1-4-27-17(10-14(3)25-27)20(28)26(12-15-6-5-9-23-11-15)21-24-18-13(2)7-8-16(22)19(18)29-21/h5-11H,4,12H2,1-3H3. The van der Waals surface area contributed by atoms with E-state index in [1.807, 2.05) is 51.1 Å². The van der Waals surface area contributed by atoms with Gasteiger partial charge in [0.15, 0.2) is 5.13 Å². The summed E-state index contributed by atoms with van der Waals surface area (Å²) in [6, 6.07) is 9.42. The molecule has 0 N–H and O–H groups in total. The Morgan fingerprint density at radius 1 is 1.28 bits per heavy atom. The number of hydrogen-bond donors (Lipinski definition) is 0. The van der Waals surface area contributed by atoms with Crippen LogP contribution in [0.3, 0.4) is 0 Å². The topological polar surface area (TPSA) is 63.9 Å². The van der Waals surface area contributed by atoms with Gasteiger partial charge < -0.3 is 0 Å². The number of rotatable bonds is 5. The number of anilines is 1. The highest BCUT2D eigenvalue weighted by molar-refractivity contribution is 7.23. The first-order valence-corrected chi connectivity index (χ1v) is 10.5. The van der Waals surface area contributed by atoms with Crippen LogP contribution < -0.4 is 4.90 Å². The number of halogens is 1. The lowest BCUT2D eigenvalue weighted by Gasteiger charge is -2.20. The molecule has 0 fully saturated rings. The second kappa shape index (κ2) is 7.93. The summed E-state index contributed by atoms with van der Waals surface area (Å²) in [5.74, 6) is -0.149. The van der Waals surface area contributed by atoms with E-state index >= 15 is 0 Å². The Morgan fingerprint density at radius 2 is 2.10 bits per heavy atom. The Balaban J connectivity index is 1.83. The molecule has 0 radical (unpaired) electrons. The van der Waals surface area contributed by atoms with Crippen molar-refractivity contribution in [1.29, 1.82) is 0 Å². The number of aromatic nitrogens is 4. The lowest BCUT2D eigenvalue weighted by Crippen LogP contribution is -2.32. The minimum absolute atomic E-state index is 0.149. The molecule has 0 spiro atoms. The summed E-state index contributed by atoms with van der Waals surface area (Å²) in [5.41, 5.74) is 4.11. The molecule has 8 heteroatoms. The lowest BCUT2D eigenvalue weighted by atomic mass is 10.2. The molecule has 0 aliphatic carbocycles. The number of fused-ring (bicyclic) bond motifs is 1. The Labute approximate surface area is 177 Å². The summed E-state index contributed by atoms with van der Waals surface area (Å²) in [6.45, 7) is 6.81. The van der Waals surface area contributed by atoms with E-state index < -0.39 is 0 Å².